The maximum absolute atomic E-state index is 11.9. The fourth-order valence-corrected chi connectivity index (χ4v) is 2.09. The van der Waals surface area contributed by atoms with Gasteiger partial charge in [-0.3, -0.25) is 19.7 Å². The van der Waals surface area contributed by atoms with Gasteiger partial charge in [-0.25, -0.2) is 0 Å². The number of non-ortho nitro benzene ring substituents is 1. The summed E-state index contributed by atoms with van der Waals surface area (Å²) in [5.74, 6) is -0.904. The first-order valence-corrected chi connectivity index (χ1v) is 7.33. The van der Waals surface area contributed by atoms with Crippen molar-refractivity contribution in [3.63, 3.8) is 0 Å². The number of halogens is 1. The summed E-state index contributed by atoms with van der Waals surface area (Å²) in [7, 11) is 0. The van der Waals surface area contributed by atoms with Gasteiger partial charge in [-0.1, -0.05) is 17.7 Å². The summed E-state index contributed by atoms with van der Waals surface area (Å²) in [5.41, 5.74) is 1.53. The van der Waals surface area contributed by atoms with E-state index in [0.29, 0.717) is 10.7 Å². The predicted octanol–water partition coefficient (Wildman–Crippen LogP) is 2.93. The fraction of sp³-hybridized carbons (Fsp3) is 0.125. The molecule has 2 aromatic rings. The first-order chi connectivity index (χ1) is 11.4. The smallest absolute Gasteiger partial charge is 0.269 e. The Labute approximate surface area is 142 Å². The van der Waals surface area contributed by atoms with Gasteiger partial charge in [0.15, 0.2) is 0 Å². The van der Waals surface area contributed by atoms with E-state index in [1.54, 1.807) is 18.2 Å². The SMILES string of the molecule is Cc1ccc(Cl)cc1NC(=O)CNC(=O)c1ccc([N+](=O)[O-])cc1. The van der Waals surface area contributed by atoms with Crippen LogP contribution in [0.1, 0.15) is 15.9 Å². The van der Waals surface area contributed by atoms with Gasteiger partial charge in [0.25, 0.3) is 11.6 Å². The monoisotopic (exact) mass is 347 g/mol. The van der Waals surface area contributed by atoms with Crippen LogP contribution in [0, 0.1) is 17.0 Å². The molecule has 0 aliphatic rings. The van der Waals surface area contributed by atoms with Crippen LogP contribution >= 0.6 is 11.6 Å². The van der Waals surface area contributed by atoms with Crippen LogP contribution in [-0.4, -0.2) is 23.3 Å². The van der Waals surface area contributed by atoms with Crippen LogP contribution in [0.3, 0.4) is 0 Å². The molecular weight excluding hydrogens is 334 g/mol. The molecule has 0 spiro atoms. The lowest BCUT2D eigenvalue weighted by Crippen LogP contribution is -2.33. The average molecular weight is 348 g/mol. The van der Waals surface area contributed by atoms with Crippen molar-refractivity contribution >= 4 is 34.8 Å². The lowest BCUT2D eigenvalue weighted by atomic mass is 10.2. The number of anilines is 1. The van der Waals surface area contributed by atoms with Crippen molar-refractivity contribution in [2.75, 3.05) is 11.9 Å². The molecule has 0 radical (unpaired) electrons. The highest BCUT2D eigenvalue weighted by molar-refractivity contribution is 6.31. The molecule has 0 aliphatic heterocycles. The van der Waals surface area contributed by atoms with Crippen molar-refractivity contribution in [3.8, 4) is 0 Å². The zero-order chi connectivity index (χ0) is 17.7. The highest BCUT2D eigenvalue weighted by atomic mass is 35.5. The summed E-state index contributed by atoms with van der Waals surface area (Å²) in [5, 5.41) is 16.2. The van der Waals surface area contributed by atoms with E-state index in [0.717, 1.165) is 5.56 Å². The Morgan fingerprint density at radius 3 is 2.46 bits per heavy atom. The molecule has 24 heavy (non-hydrogen) atoms. The molecule has 0 fully saturated rings. The Morgan fingerprint density at radius 1 is 1.17 bits per heavy atom. The number of benzene rings is 2. The Hall–Kier alpha value is -2.93. The van der Waals surface area contributed by atoms with Crippen LogP contribution in [0.4, 0.5) is 11.4 Å². The number of nitro benzene ring substituents is 1. The van der Waals surface area contributed by atoms with Gasteiger partial charge in [0.1, 0.15) is 0 Å². The first kappa shape index (κ1) is 17.4. The molecule has 0 heterocycles. The molecule has 2 aromatic carbocycles. The highest BCUT2D eigenvalue weighted by Crippen LogP contribution is 2.19. The molecular formula is C16H14ClN3O4. The van der Waals surface area contributed by atoms with Gasteiger partial charge in [0, 0.05) is 28.4 Å². The largest absolute Gasteiger partial charge is 0.343 e. The van der Waals surface area contributed by atoms with Crippen LogP contribution in [0.15, 0.2) is 42.5 Å². The van der Waals surface area contributed by atoms with Gasteiger partial charge in [-0.05, 0) is 36.8 Å². The van der Waals surface area contributed by atoms with Crippen LogP contribution in [0.2, 0.25) is 5.02 Å². The summed E-state index contributed by atoms with van der Waals surface area (Å²) in [6, 6.07) is 10.2. The van der Waals surface area contributed by atoms with Crippen molar-refractivity contribution in [1.82, 2.24) is 5.32 Å². The van der Waals surface area contributed by atoms with E-state index in [4.69, 9.17) is 11.6 Å². The number of carbonyl (C=O) groups is 2. The predicted molar refractivity (Wildman–Crippen MR) is 90.2 cm³/mol. The molecule has 0 aliphatic carbocycles. The average Bonchev–Trinajstić information content (AvgIpc) is 2.56. The normalized spacial score (nSPS) is 10.1. The molecule has 7 nitrogen and oxygen atoms in total. The zero-order valence-electron chi connectivity index (χ0n) is 12.7. The molecule has 0 aromatic heterocycles. The molecule has 0 unspecified atom stereocenters. The van der Waals surface area contributed by atoms with E-state index in [1.165, 1.54) is 24.3 Å². The van der Waals surface area contributed by atoms with Gasteiger partial charge in [-0.15, -0.1) is 0 Å². The Balaban J connectivity index is 1.92. The standard InChI is InChI=1S/C16H14ClN3O4/c1-10-2-5-12(17)8-14(10)19-15(21)9-18-16(22)11-3-6-13(7-4-11)20(23)24/h2-8H,9H2,1H3,(H,18,22)(H,19,21). The number of amides is 2. The van der Waals surface area contributed by atoms with Gasteiger partial charge in [0.05, 0.1) is 11.5 Å². The lowest BCUT2D eigenvalue weighted by Gasteiger charge is -2.09. The quantitative estimate of drug-likeness (QED) is 0.641. The minimum absolute atomic E-state index is 0.110. The number of nitro groups is 1. The number of hydrogen-bond donors (Lipinski definition) is 2. The minimum atomic E-state index is -0.553. The third-order valence-electron chi connectivity index (χ3n) is 3.22. The minimum Gasteiger partial charge on any atom is -0.343 e. The molecule has 0 saturated carbocycles. The number of nitrogens with zero attached hydrogens (tertiary/aromatic N) is 1. The van der Waals surface area contributed by atoms with Crippen molar-refractivity contribution in [2.45, 2.75) is 6.92 Å². The summed E-state index contributed by atoms with van der Waals surface area (Å²) in [6.45, 7) is 1.59. The molecule has 0 bridgehead atoms. The third kappa shape index (κ3) is 4.53. The molecule has 8 heteroatoms. The van der Waals surface area contributed by atoms with Crippen LogP contribution in [-0.2, 0) is 4.79 Å². The van der Waals surface area contributed by atoms with Crippen molar-refractivity contribution in [1.29, 1.82) is 0 Å². The van der Waals surface area contributed by atoms with Crippen LogP contribution < -0.4 is 10.6 Å². The van der Waals surface area contributed by atoms with Gasteiger partial charge in [0.2, 0.25) is 5.91 Å². The number of carbonyl (C=O) groups excluding carboxylic acids is 2. The molecule has 2 rings (SSSR count). The molecule has 2 N–H and O–H groups in total. The fourth-order valence-electron chi connectivity index (χ4n) is 1.92. The lowest BCUT2D eigenvalue weighted by molar-refractivity contribution is -0.384. The second-order valence-electron chi connectivity index (χ2n) is 4.99. The second kappa shape index (κ2) is 7.56. The van der Waals surface area contributed by atoms with Gasteiger partial charge in [-0.2, -0.15) is 0 Å². The Kier molecular flexibility index (Phi) is 5.49. The maximum atomic E-state index is 11.9. The molecule has 2 amide bonds. The first-order valence-electron chi connectivity index (χ1n) is 6.95. The van der Waals surface area contributed by atoms with E-state index in [9.17, 15) is 19.7 Å². The summed E-state index contributed by atoms with van der Waals surface area (Å²) < 4.78 is 0. The summed E-state index contributed by atoms with van der Waals surface area (Å²) >= 11 is 5.87. The van der Waals surface area contributed by atoms with E-state index in [2.05, 4.69) is 10.6 Å². The summed E-state index contributed by atoms with van der Waals surface area (Å²) in [4.78, 5) is 33.8. The van der Waals surface area contributed by atoms with E-state index in [1.807, 2.05) is 6.92 Å². The van der Waals surface area contributed by atoms with Crippen LogP contribution in [0.5, 0.6) is 0 Å². The molecule has 0 saturated heterocycles. The number of rotatable bonds is 5. The number of aryl methyl sites for hydroxylation is 1. The number of hydrogen-bond acceptors (Lipinski definition) is 4. The van der Waals surface area contributed by atoms with Crippen molar-refractivity contribution < 1.29 is 14.5 Å². The topological polar surface area (TPSA) is 101 Å². The molecule has 124 valence electrons. The highest BCUT2D eigenvalue weighted by Gasteiger charge is 2.11. The molecule has 0 atom stereocenters. The summed E-state index contributed by atoms with van der Waals surface area (Å²) in [6.07, 6.45) is 0. The van der Waals surface area contributed by atoms with E-state index in [-0.39, 0.29) is 17.8 Å². The Bertz CT molecular complexity index is 790. The van der Waals surface area contributed by atoms with E-state index < -0.39 is 16.7 Å². The zero-order valence-corrected chi connectivity index (χ0v) is 13.5. The van der Waals surface area contributed by atoms with Gasteiger partial charge >= 0.3 is 0 Å². The van der Waals surface area contributed by atoms with Gasteiger partial charge < -0.3 is 10.6 Å². The Morgan fingerprint density at radius 2 is 1.83 bits per heavy atom. The van der Waals surface area contributed by atoms with E-state index >= 15 is 0 Å². The maximum Gasteiger partial charge on any atom is 0.269 e. The van der Waals surface area contributed by atoms with Crippen molar-refractivity contribution in [2.24, 2.45) is 0 Å². The number of nitrogens with one attached hydrogen (secondary N) is 2. The third-order valence-corrected chi connectivity index (χ3v) is 3.46. The van der Waals surface area contributed by atoms with Crippen molar-refractivity contribution in [3.05, 3.63) is 68.7 Å². The van der Waals surface area contributed by atoms with Crippen LogP contribution in [0.25, 0.3) is 0 Å². The second-order valence-corrected chi connectivity index (χ2v) is 5.43.